The first-order valence-corrected chi connectivity index (χ1v) is 4.69. The first-order chi connectivity index (χ1) is 6.74. The van der Waals surface area contributed by atoms with Gasteiger partial charge in [-0.15, -0.1) is 0 Å². The van der Waals surface area contributed by atoms with Crippen LogP contribution in [0.2, 0.25) is 0 Å². The molecule has 1 heterocycles. The lowest BCUT2D eigenvalue weighted by atomic mass is 10.1. The minimum atomic E-state index is 0.0887. The third-order valence-corrected chi connectivity index (χ3v) is 2.34. The molecule has 1 aromatic carbocycles. The Labute approximate surface area is 82.3 Å². The van der Waals surface area contributed by atoms with Gasteiger partial charge in [0, 0.05) is 17.5 Å². The molecule has 0 bridgehead atoms. The number of aromatic nitrogens is 2. The number of Topliss-reactive ketones (excluding diaryl/α,β-unsaturated/α-hetero) is 1. The summed E-state index contributed by atoms with van der Waals surface area (Å²) in [5.74, 6) is 0.0887. The Morgan fingerprint density at radius 1 is 1.50 bits per heavy atom. The van der Waals surface area contributed by atoms with Gasteiger partial charge in [-0.2, -0.15) is 5.10 Å². The average molecular weight is 188 g/mol. The number of carbonyl (C=O) groups is 1. The summed E-state index contributed by atoms with van der Waals surface area (Å²) < 4.78 is 1.85. The summed E-state index contributed by atoms with van der Waals surface area (Å²) in [6, 6.07) is 5.71. The summed E-state index contributed by atoms with van der Waals surface area (Å²) in [6.07, 6.45) is 1.80. The van der Waals surface area contributed by atoms with Crippen LogP contribution in [-0.2, 0) is 6.54 Å². The van der Waals surface area contributed by atoms with E-state index in [0.717, 1.165) is 23.0 Å². The predicted molar refractivity (Wildman–Crippen MR) is 55.4 cm³/mol. The molecule has 0 amide bonds. The zero-order valence-corrected chi connectivity index (χ0v) is 8.32. The third-order valence-electron chi connectivity index (χ3n) is 2.34. The number of carbonyl (C=O) groups excluding carboxylic acids is 1. The summed E-state index contributed by atoms with van der Waals surface area (Å²) in [5, 5.41) is 5.25. The molecular formula is C11H12N2O. The fourth-order valence-corrected chi connectivity index (χ4v) is 1.67. The van der Waals surface area contributed by atoms with Crippen LogP contribution in [-0.4, -0.2) is 15.6 Å². The highest BCUT2D eigenvalue weighted by Gasteiger charge is 2.09. The van der Waals surface area contributed by atoms with Crippen molar-refractivity contribution in [2.45, 2.75) is 20.4 Å². The van der Waals surface area contributed by atoms with E-state index in [0.29, 0.717) is 0 Å². The lowest BCUT2D eigenvalue weighted by molar-refractivity contribution is 0.101. The fraction of sp³-hybridized carbons (Fsp3) is 0.273. The quantitative estimate of drug-likeness (QED) is 0.677. The predicted octanol–water partition coefficient (Wildman–Crippen LogP) is 2.26. The van der Waals surface area contributed by atoms with Crippen LogP contribution in [0.4, 0.5) is 0 Å². The Bertz CT molecular complexity index is 485. The standard InChI is InChI=1S/C11H12N2O/c1-3-13-11-9(7-12-13)5-4-6-10(11)8(2)14/h4-7H,3H2,1-2H3. The van der Waals surface area contributed by atoms with Crippen molar-refractivity contribution in [1.82, 2.24) is 9.78 Å². The number of rotatable bonds is 2. The highest BCUT2D eigenvalue weighted by molar-refractivity contribution is 6.05. The summed E-state index contributed by atoms with van der Waals surface area (Å²) >= 11 is 0. The van der Waals surface area contributed by atoms with Crippen molar-refractivity contribution in [2.24, 2.45) is 0 Å². The molecule has 3 nitrogen and oxygen atoms in total. The van der Waals surface area contributed by atoms with Crippen LogP contribution in [0.5, 0.6) is 0 Å². The summed E-state index contributed by atoms with van der Waals surface area (Å²) in [7, 11) is 0. The van der Waals surface area contributed by atoms with E-state index >= 15 is 0 Å². The Balaban J connectivity index is 2.81. The van der Waals surface area contributed by atoms with E-state index in [2.05, 4.69) is 5.10 Å². The number of benzene rings is 1. The molecule has 0 unspecified atom stereocenters. The molecule has 3 heteroatoms. The maximum absolute atomic E-state index is 11.4. The number of fused-ring (bicyclic) bond motifs is 1. The number of ketones is 1. The van der Waals surface area contributed by atoms with Crippen molar-refractivity contribution in [3.63, 3.8) is 0 Å². The van der Waals surface area contributed by atoms with Crippen LogP contribution < -0.4 is 0 Å². The van der Waals surface area contributed by atoms with Gasteiger partial charge in [0.15, 0.2) is 5.78 Å². The van der Waals surface area contributed by atoms with Gasteiger partial charge in [-0.3, -0.25) is 9.48 Å². The Morgan fingerprint density at radius 2 is 2.29 bits per heavy atom. The third kappa shape index (κ3) is 1.21. The second-order valence-electron chi connectivity index (χ2n) is 3.26. The minimum absolute atomic E-state index is 0.0887. The SMILES string of the molecule is CCn1ncc2cccc(C(C)=O)c21. The average Bonchev–Trinajstić information content (AvgIpc) is 2.59. The van der Waals surface area contributed by atoms with Crippen molar-refractivity contribution >= 4 is 16.7 Å². The van der Waals surface area contributed by atoms with Crippen molar-refractivity contribution in [3.8, 4) is 0 Å². The second kappa shape index (κ2) is 3.25. The van der Waals surface area contributed by atoms with Crippen molar-refractivity contribution in [3.05, 3.63) is 30.0 Å². The van der Waals surface area contributed by atoms with Gasteiger partial charge in [0.2, 0.25) is 0 Å². The molecule has 1 aromatic heterocycles. The first-order valence-electron chi connectivity index (χ1n) is 4.69. The lowest BCUT2D eigenvalue weighted by Crippen LogP contribution is -2.01. The Morgan fingerprint density at radius 3 is 2.93 bits per heavy atom. The molecule has 0 saturated carbocycles. The van der Waals surface area contributed by atoms with E-state index in [-0.39, 0.29) is 5.78 Å². The molecule has 0 radical (unpaired) electrons. The second-order valence-corrected chi connectivity index (χ2v) is 3.26. The molecule has 2 rings (SSSR count). The number of para-hydroxylation sites is 1. The molecular weight excluding hydrogens is 176 g/mol. The van der Waals surface area contributed by atoms with Crippen LogP contribution >= 0.6 is 0 Å². The van der Waals surface area contributed by atoms with Crippen molar-refractivity contribution in [2.75, 3.05) is 0 Å². The maximum Gasteiger partial charge on any atom is 0.161 e. The van der Waals surface area contributed by atoms with Gasteiger partial charge in [-0.25, -0.2) is 0 Å². The van der Waals surface area contributed by atoms with E-state index < -0.39 is 0 Å². The number of nitrogens with zero attached hydrogens (tertiary/aromatic N) is 2. The molecule has 0 atom stereocenters. The van der Waals surface area contributed by atoms with Gasteiger partial charge < -0.3 is 0 Å². The van der Waals surface area contributed by atoms with Crippen LogP contribution in [0, 0.1) is 0 Å². The molecule has 0 saturated heterocycles. The molecule has 2 aromatic rings. The van der Waals surface area contributed by atoms with Gasteiger partial charge in [0.05, 0.1) is 11.7 Å². The first kappa shape index (κ1) is 8.94. The molecule has 72 valence electrons. The van der Waals surface area contributed by atoms with Crippen LogP contribution in [0.1, 0.15) is 24.2 Å². The highest BCUT2D eigenvalue weighted by atomic mass is 16.1. The molecule has 0 N–H and O–H groups in total. The van der Waals surface area contributed by atoms with Crippen molar-refractivity contribution < 1.29 is 4.79 Å². The molecule has 0 aliphatic heterocycles. The summed E-state index contributed by atoms with van der Waals surface area (Å²) in [6.45, 7) is 4.39. The van der Waals surface area contributed by atoms with E-state index in [1.54, 1.807) is 13.1 Å². The van der Waals surface area contributed by atoms with Gasteiger partial charge in [0.25, 0.3) is 0 Å². The fourth-order valence-electron chi connectivity index (χ4n) is 1.67. The zero-order valence-electron chi connectivity index (χ0n) is 8.32. The molecule has 14 heavy (non-hydrogen) atoms. The number of aryl methyl sites for hydroxylation is 1. The van der Waals surface area contributed by atoms with Crippen LogP contribution in [0.15, 0.2) is 24.4 Å². The Hall–Kier alpha value is -1.64. The molecule has 0 aliphatic rings. The van der Waals surface area contributed by atoms with Gasteiger partial charge >= 0.3 is 0 Å². The van der Waals surface area contributed by atoms with Gasteiger partial charge in [-0.1, -0.05) is 12.1 Å². The summed E-state index contributed by atoms with van der Waals surface area (Å²) in [4.78, 5) is 11.4. The molecule has 0 fully saturated rings. The highest BCUT2D eigenvalue weighted by Crippen LogP contribution is 2.18. The largest absolute Gasteiger partial charge is 0.294 e. The van der Waals surface area contributed by atoms with Crippen molar-refractivity contribution in [1.29, 1.82) is 0 Å². The zero-order chi connectivity index (χ0) is 10.1. The normalized spacial score (nSPS) is 10.7. The van der Waals surface area contributed by atoms with E-state index in [9.17, 15) is 4.79 Å². The van der Waals surface area contributed by atoms with Crippen LogP contribution in [0.25, 0.3) is 10.9 Å². The van der Waals surface area contributed by atoms with Crippen LogP contribution in [0.3, 0.4) is 0 Å². The van der Waals surface area contributed by atoms with E-state index in [1.807, 2.05) is 29.8 Å². The lowest BCUT2D eigenvalue weighted by Gasteiger charge is -2.02. The molecule has 0 aliphatic carbocycles. The maximum atomic E-state index is 11.4. The van der Waals surface area contributed by atoms with Gasteiger partial charge in [-0.05, 0) is 19.9 Å². The topological polar surface area (TPSA) is 34.9 Å². The minimum Gasteiger partial charge on any atom is -0.294 e. The molecule has 0 spiro atoms. The summed E-state index contributed by atoms with van der Waals surface area (Å²) in [5.41, 5.74) is 1.70. The van der Waals surface area contributed by atoms with E-state index in [4.69, 9.17) is 0 Å². The smallest absolute Gasteiger partial charge is 0.161 e. The monoisotopic (exact) mass is 188 g/mol. The van der Waals surface area contributed by atoms with Gasteiger partial charge in [0.1, 0.15) is 0 Å². The number of hydrogen-bond donors (Lipinski definition) is 0. The Kier molecular flexibility index (Phi) is 2.08. The number of hydrogen-bond acceptors (Lipinski definition) is 2. The van der Waals surface area contributed by atoms with E-state index in [1.165, 1.54) is 0 Å².